The number of aryl methyl sites for hydroxylation is 3. The second-order valence-corrected chi connectivity index (χ2v) is 7.84. The highest BCUT2D eigenvalue weighted by molar-refractivity contribution is 8.06. The molecular formula is C15H24N2S2. The summed E-state index contributed by atoms with van der Waals surface area (Å²) in [7, 11) is 0. The fraction of sp³-hybridized carbons (Fsp3) is 0.667. The molecule has 0 bridgehead atoms. The number of nitrogens with zero attached hydrogens (tertiary/aromatic N) is 1. The first kappa shape index (κ1) is 15.2. The van der Waals surface area contributed by atoms with Gasteiger partial charge in [0.2, 0.25) is 0 Å². The molecule has 0 aromatic carbocycles. The van der Waals surface area contributed by atoms with Gasteiger partial charge in [-0.25, -0.2) is 0 Å². The first-order chi connectivity index (χ1) is 9.08. The summed E-state index contributed by atoms with van der Waals surface area (Å²) in [6.07, 6.45) is 0. The molecule has 1 aromatic rings. The molecule has 2 unspecified atom stereocenters. The summed E-state index contributed by atoms with van der Waals surface area (Å²) in [5.74, 6) is 3.90. The van der Waals surface area contributed by atoms with Crippen LogP contribution in [0.1, 0.15) is 35.5 Å². The number of aromatic nitrogens is 1. The lowest BCUT2D eigenvalue weighted by Crippen LogP contribution is -2.31. The van der Waals surface area contributed by atoms with Crippen LogP contribution in [0.25, 0.3) is 0 Å². The Bertz CT molecular complexity index is 405. The molecule has 1 aliphatic heterocycles. The van der Waals surface area contributed by atoms with Crippen LogP contribution in [0.4, 0.5) is 0 Å². The van der Waals surface area contributed by atoms with Crippen molar-refractivity contribution in [2.45, 2.75) is 39.0 Å². The molecule has 19 heavy (non-hydrogen) atoms. The van der Waals surface area contributed by atoms with Gasteiger partial charge in [-0.05, 0) is 44.9 Å². The predicted molar refractivity (Wildman–Crippen MR) is 88.4 cm³/mol. The van der Waals surface area contributed by atoms with Crippen molar-refractivity contribution in [3.63, 3.8) is 0 Å². The molecule has 2 atom stereocenters. The molecule has 2 nitrogen and oxygen atoms in total. The largest absolute Gasteiger partial charge is 0.309 e. The van der Waals surface area contributed by atoms with Gasteiger partial charge < -0.3 is 5.32 Å². The second-order valence-electron chi connectivity index (χ2n) is 5.28. The van der Waals surface area contributed by atoms with E-state index in [1.165, 1.54) is 34.1 Å². The van der Waals surface area contributed by atoms with Crippen molar-refractivity contribution in [3.05, 3.63) is 28.6 Å². The predicted octanol–water partition coefficient (Wildman–Crippen LogP) is 3.51. The van der Waals surface area contributed by atoms with E-state index in [1.807, 2.05) is 0 Å². The van der Waals surface area contributed by atoms with Gasteiger partial charge in [0, 0.05) is 46.5 Å². The van der Waals surface area contributed by atoms with Gasteiger partial charge in [0.05, 0.1) is 0 Å². The Hall–Kier alpha value is -0.190. The SMILES string of the molecule is Cc1cc(C)c(C(C)NCC2CSCCS2)c(C)n1. The number of hydrogen-bond donors (Lipinski definition) is 1. The van der Waals surface area contributed by atoms with E-state index in [0.717, 1.165) is 17.5 Å². The van der Waals surface area contributed by atoms with E-state index in [0.29, 0.717) is 6.04 Å². The summed E-state index contributed by atoms with van der Waals surface area (Å²) in [5, 5.41) is 4.46. The fourth-order valence-electron chi connectivity index (χ4n) is 2.75. The van der Waals surface area contributed by atoms with E-state index < -0.39 is 0 Å². The molecule has 0 aliphatic carbocycles. The normalized spacial score (nSPS) is 21.4. The Kier molecular flexibility index (Phi) is 5.60. The van der Waals surface area contributed by atoms with Crippen molar-refractivity contribution in [1.82, 2.24) is 10.3 Å². The first-order valence-electron chi connectivity index (χ1n) is 6.95. The minimum atomic E-state index is 0.389. The third kappa shape index (κ3) is 4.14. The maximum atomic E-state index is 4.60. The molecule has 0 radical (unpaired) electrons. The molecule has 1 fully saturated rings. The quantitative estimate of drug-likeness (QED) is 0.919. The zero-order chi connectivity index (χ0) is 13.8. The van der Waals surface area contributed by atoms with Crippen LogP contribution in [-0.4, -0.2) is 34.0 Å². The van der Waals surface area contributed by atoms with E-state index >= 15 is 0 Å². The minimum Gasteiger partial charge on any atom is -0.309 e. The number of hydrogen-bond acceptors (Lipinski definition) is 4. The number of pyridine rings is 1. The maximum absolute atomic E-state index is 4.60. The molecule has 2 heterocycles. The topological polar surface area (TPSA) is 24.9 Å². The Morgan fingerprint density at radius 1 is 1.37 bits per heavy atom. The summed E-state index contributed by atoms with van der Waals surface area (Å²) < 4.78 is 0. The Balaban J connectivity index is 1.97. The highest BCUT2D eigenvalue weighted by Crippen LogP contribution is 2.25. The van der Waals surface area contributed by atoms with Crippen molar-refractivity contribution in [1.29, 1.82) is 0 Å². The summed E-state index contributed by atoms with van der Waals surface area (Å²) in [6, 6.07) is 2.58. The van der Waals surface area contributed by atoms with Gasteiger partial charge in [0.15, 0.2) is 0 Å². The van der Waals surface area contributed by atoms with Crippen LogP contribution in [0.5, 0.6) is 0 Å². The zero-order valence-electron chi connectivity index (χ0n) is 12.3. The molecule has 0 spiro atoms. The summed E-state index contributed by atoms with van der Waals surface area (Å²) in [4.78, 5) is 4.60. The monoisotopic (exact) mass is 296 g/mol. The van der Waals surface area contributed by atoms with Crippen molar-refractivity contribution in [2.75, 3.05) is 23.8 Å². The molecule has 1 saturated heterocycles. The lowest BCUT2D eigenvalue weighted by molar-refractivity contribution is 0.569. The summed E-state index contributed by atoms with van der Waals surface area (Å²) in [6.45, 7) is 9.75. The smallest absolute Gasteiger partial charge is 0.0426 e. The third-order valence-corrected chi connectivity index (χ3v) is 6.40. The van der Waals surface area contributed by atoms with Crippen molar-refractivity contribution in [2.24, 2.45) is 0 Å². The summed E-state index contributed by atoms with van der Waals surface area (Å²) in [5.41, 5.74) is 5.02. The number of thioether (sulfide) groups is 2. The van der Waals surface area contributed by atoms with Gasteiger partial charge in [-0.3, -0.25) is 4.98 Å². The maximum Gasteiger partial charge on any atom is 0.0426 e. The molecule has 1 aromatic heterocycles. The van der Waals surface area contributed by atoms with Crippen molar-refractivity contribution < 1.29 is 0 Å². The average molecular weight is 297 g/mol. The molecule has 0 amide bonds. The van der Waals surface area contributed by atoms with Gasteiger partial charge in [-0.2, -0.15) is 23.5 Å². The Morgan fingerprint density at radius 3 is 2.79 bits per heavy atom. The van der Waals surface area contributed by atoms with Gasteiger partial charge in [-0.15, -0.1) is 0 Å². The van der Waals surface area contributed by atoms with Gasteiger partial charge in [0.25, 0.3) is 0 Å². The number of nitrogens with one attached hydrogen (secondary N) is 1. The second kappa shape index (κ2) is 7.00. The van der Waals surface area contributed by atoms with Gasteiger partial charge in [0.1, 0.15) is 0 Å². The van der Waals surface area contributed by atoms with Crippen molar-refractivity contribution in [3.8, 4) is 0 Å². The molecule has 106 valence electrons. The lowest BCUT2D eigenvalue weighted by Gasteiger charge is -2.25. The fourth-order valence-corrected chi connectivity index (χ4v) is 5.38. The summed E-state index contributed by atoms with van der Waals surface area (Å²) >= 11 is 4.20. The van der Waals surface area contributed by atoms with E-state index in [-0.39, 0.29) is 0 Å². The van der Waals surface area contributed by atoms with Crippen LogP contribution in [0.2, 0.25) is 0 Å². The van der Waals surface area contributed by atoms with E-state index in [9.17, 15) is 0 Å². The minimum absolute atomic E-state index is 0.389. The van der Waals surface area contributed by atoms with Gasteiger partial charge in [-0.1, -0.05) is 0 Å². The van der Waals surface area contributed by atoms with E-state index in [2.05, 4.69) is 67.6 Å². The molecule has 4 heteroatoms. The molecule has 1 N–H and O–H groups in total. The standard InChI is InChI=1S/C15H24N2S2/c1-10-7-11(2)17-13(4)15(10)12(3)16-8-14-9-18-5-6-19-14/h7,12,14,16H,5-6,8-9H2,1-4H3. The lowest BCUT2D eigenvalue weighted by atomic mass is 10.0. The van der Waals surface area contributed by atoms with Crippen LogP contribution >= 0.6 is 23.5 Å². The third-order valence-electron chi connectivity index (χ3n) is 3.55. The Labute approximate surface area is 125 Å². The highest BCUT2D eigenvalue weighted by Gasteiger charge is 2.17. The zero-order valence-corrected chi connectivity index (χ0v) is 14.0. The van der Waals surface area contributed by atoms with Crippen LogP contribution in [-0.2, 0) is 0 Å². The van der Waals surface area contributed by atoms with Crippen LogP contribution < -0.4 is 5.32 Å². The molecule has 2 rings (SSSR count). The average Bonchev–Trinajstić information content (AvgIpc) is 2.36. The van der Waals surface area contributed by atoms with E-state index in [1.54, 1.807) is 0 Å². The highest BCUT2D eigenvalue weighted by atomic mass is 32.2. The van der Waals surface area contributed by atoms with E-state index in [4.69, 9.17) is 0 Å². The van der Waals surface area contributed by atoms with Gasteiger partial charge >= 0.3 is 0 Å². The number of rotatable bonds is 4. The molecule has 1 aliphatic rings. The first-order valence-corrected chi connectivity index (χ1v) is 9.15. The van der Waals surface area contributed by atoms with Crippen LogP contribution in [0.15, 0.2) is 6.07 Å². The van der Waals surface area contributed by atoms with Crippen LogP contribution in [0, 0.1) is 20.8 Å². The van der Waals surface area contributed by atoms with Crippen LogP contribution in [0.3, 0.4) is 0 Å². The Morgan fingerprint density at radius 2 is 2.16 bits per heavy atom. The van der Waals surface area contributed by atoms with Crippen molar-refractivity contribution >= 4 is 23.5 Å². The molecular weight excluding hydrogens is 272 g/mol. The molecule has 0 saturated carbocycles.